The van der Waals surface area contributed by atoms with E-state index in [2.05, 4.69) is 27.6 Å². The molecule has 4 N–H and O–H groups in total. The van der Waals surface area contributed by atoms with Crippen molar-refractivity contribution in [3.05, 3.63) is 89.5 Å². The number of aliphatic imine (C=N–C) groups is 1. The van der Waals surface area contributed by atoms with E-state index in [1.54, 1.807) is 11.0 Å². The summed E-state index contributed by atoms with van der Waals surface area (Å²) < 4.78 is 0. The average molecular weight is 552 g/mol. The molecule has 1 aliphatic rings. The number of aryl methyl sites for hydroxylation is 1. The molecule has 9 nitrogen and oxygen atoms in total. The minimum absolute atomic E-state index is 0.0233. The van der Waals surface area contributed by atoms with Crippen molar-refractivity contribution in [3.63, 3.8) is 0 Å². The van der Waals surface area contributed by atoms with Crippen molar-refractivity contribution in [2.75, 3.05) is 11.4 Å². The molecule has 0 saturated carbocycles. The van der Waals surface area contributed by atoms with Crippen LogP contribution in [-0.4, -0.2) is 35.4 Å². The number of nitrogens with one attached hydrogen (secondary N) is 2. The molecular weight excluding hydrogens is 514 g/mol. The summed E-state index contributed by atoms with van der Waals surface area (Å²) in [5.74, 6) is 4.59. The number of fused-ring (bicyclic) bond motifs is 1. The SMILES string of the molecule is CCCNC(C)(C)CC(=O)N=C1CCc2ccccc2N(Cc2ccc(-c3ccccc3C(=N)N=NN)cc2)C1=O. The van der Waals surface area contributed by atoms with Crippen molar-refractivity contribution in [1.29, 1.82) is 5.41 Å². The maximum absolute atomic E-state index is 13.8. The molecule has 0 fully saturated rings. The Bertz CT molecular complexity index is 1480. The zero-order chi connectivity index (χ0) is 29.4. The van der Waals surface area contributed by atoms with E-state index in [9.17, 15) is 9.59 Å². The second-order valence-electron chi connectivity index (χ2n) is 10.8. The summed E-state index contributed by atoms with van der Waals surface area (Å²) in [5.41, 5.74) is 5.02. The summed E-state index contributed by atoms with van der Waals surface area (Å²) in [4.78, 5) is 32.8. The van der Waals surface area contributed by atoms with Gasteiger partial charge in [0.1, 0.15) is 5.71 Å². The largest absolute Gasteiger partial charge is 0.311 e. The summed E-state index contributed by atoms with van der Waals surface area (Å²) in [6, 6.07) is 23.1. The van der Waals surface area contributed by atoms with Gasteiger partial charge in [0.05, 0.1) is 6.54 Å². The van der Waals surface area contributed by atoms with Crippen LogP contribution >= 0.6 is 0 Å². The third-order valence-corrected chi connectivity index (χ3v) is 7.06. The second-order valence-corrected chi connectivity index (χ2v) is 10.8. The monoisotopic (exact) mass is 551 g/mol. The smallest absolute Gasteiger partial charge is 0.273 e. The Morgan fingerprint density at radius 1 is 1.02 bits per heavy atom. The number of rotatable bonds is 9. The van der Waals surface area contributed by atoms with Crippen molar-refractivity contribution in [1.82, 2.24) is 5.32 Å². The first-order chi connectivity index (χ1) is 19.7. The van der Waals surface area contributed by atoms with Crippen LogP contribution < -0.4 is 16.1 Å². The highest BCUT2D eigenvalue weighted by Crippen LogP contribution is 2.29. The average Bonchev–Trinajstić information content (AvgIpc) is 3.09. The standard InChI is InChI=1S/C32H37N7O2/c1-4-19-35-32(2,3)20-29(40)36-27-18-17-24-9-5-8-12-28(24)39(31(27)41)21-22-13-15-23(16-14-22)25-10-6-7-11-26(25)30(33)37-38-34/h5-16,35H,4,17-21H2,1-3H3,(H3,33,34,37). The number of anilines is 1. The quantitative estimate of drug-likeness (QED) is 0.104. The van der Waals surface area contributed by atoms with E-state index in [1.807, 2.05) is 80.6 Å². The number of hydrogen-bond donors (Lipinski definition) is 3. The molecule has 0 saturated heterocycles. The molecule has 2 amide bonds. The first-order valence-electron chi connectivity index (χ1n) is 13.9. The number of benzene rings is 3. The zero-order valence-electron chi connectivity index (χ0n) is 23.9. The number of amidine groups is 1. The van der Waals surface area contributed by atoms with Gasteiger partial charge in [0.25, 0.3) is 5.91 Å². The molecule has 9 heteroatoms. The predicted molar refractivity (Wildman–Crippen MR) is 163 cm³/mol. The van der Waals surface area contributed by atoms with E-state index in [0.29, 0.717) is 24.9 Å². The molecule has 0 bridgehead atoms. The summed E-state index contributed by atoms with van der Waals surface area (Å²) >= 11 is 0. The molecule has 212 valence electrons. The van der Waals surface area contributed by atoms with Gasteiger partial charge in [0.15, 0.2) is 5.84 Å². The Balaban J connectivity index is 1.60. The molecule has 0 spiro atoms. The Kier molecular flexibility index (Phi) is 9.52. The fourth-order valence-corrected chi connectivity index (χ4v) is 4.99. The van der Waals surface area contributed by atoms with Crippen LogP contribution in [0.5, 0.6) is 0 Å². The van der Waals surface area contributed by atoms with E-state index in [1.165, 1.54) is 0 Å². The first-order valence-corrected chi connectivity index (χ1v) is 13.9. The van der Waals surface area contributed by atoms with Crippen LogP contribution in [0.3, 0.4) is 0 Å². The Hall–Kier alpha value is -4.50. The van der Waals surface area contributed by atoms with Gasteiger partial charge in [-0.2, -0.15) is 0 Å². The van der Waals surface area contributed by atoms with Gasteiger partial charge in [-0.15, -0.1) is 5.11 Å². The summed E-state index contributed by atoms with van der Waals surface area (Å²) in [6.07, 6.45) is 2.21. The third-order valence-electron chi connectivity index (χ3n) is 7.06. The fourth-order valence-electron chi connectivity index (χ4n) is 4.99. The number of amides is 2. The van der Waals surface area contributed by atoms with Crippen molar-refractivity contribution in [3.8, 4) is 11.1 Å². The van der Waals surface area contributed by atoms with Crippen LogP contribution in [-0.2, 0) is 22.6 Å². The number of nitrogens with two attached hydrogens (primary N) is 1. The molecule has 0 aromatic heterocycles. The van der Waals surface area contributed by atoms with Crippen LogP contribution in [0, 0.1) is 5.41 Å². The topological polar surface area (TPSA) is 136 Å². The maximum Gasteiger partial charge on any atom is 0.273 e. The van der Waals surface area contributed by atoms with Gasteiger partial charge in [-0.1, -0.05) is 78.9 Å². The molecule has 1 aliphatic heterocycles. The lowest BCUT2D eigenvalue weighted by molar-refractivity contribution is -0.119. The van der Waals surface area contributed by atoms with Crippen molar-refractivity contribution in [2.24, 2.45) is 21.2 Å². The lowest BCUT2D eigenvalue weighted by Crippen LogP contribution is -2.41. The van der Waals surface area contributed by atoms with Crippen molar-refractivity contribution in [2.45, 2.75) is 58.5 Å². The number of carbonyl (C=O) groups is 2. The molecule has 4 rings (SSSR count). The van der Waals surface area contributed by atoms with E-state index >= 15 is 0 Å². The van der Waals surface area contributed by atoms with Gasteiger partial charge in [0.2, 0.25) is 5.91 Å². The highest BCUT2D eigenvalue weighted by atomic mass is 16.2. The molecule has 0 radical (unpaired) electrons. The number of carbonyl (C=O) groups excluding carboxylic acids is 2. The van der Waals surface area contributed by atoms with Crippen LogP contribution in [0.1, 0.15) is 56.7 Å². The Morgan fingerprint density at radius 2 is 1.73 bits per heavy atom. The lowest BCUT2D eigenvalue weighted by atomic mass is 9.98. The van der Waals surface area contributed by atoms with E-state index in [4.69, 9.17) is 11.3 Å². The molecule has 0 atom stereocenters. The fraction of sp³-hybridized carbons (Fsp3) is 0.312. The van der Waals surface area contributed by atoms with Crippen molar-refractivity contribution >= 4 is 29.0 Å². The number of nitrogens with zero attached hydrogens (tertiary/aromatic N) is 4. The number of hydrogen-bond acceptors (Lipinski definition) is 5. The highest BCUT2D eigenvalue weighted by molar-refractivity contribution is 6.45. The van der Waals surface area contributed by atoms with Gasteiger partial charge in [-0.3, -0.25) is 15.0 Å². The highest BCUT2D eigenvalue weighted by Gasteiger charge is 2.29. The molecule has 0 unspecified atom stereocenters. The zero-order valence-corrected chi connectivity index (χ0v) is 23.9. The Morgan fingerprint density at radius 3 is 2.46 bits per heavy atom. The first kappa shape index (κ1) is 29.5. The van der Waals surface area contributed by atoms with Gasteiger partial charge < -0.3 is 16.1 Å². The van der Waals surface area contributed by atoms with E-state index in [-0.39, 0.29) is 29.8 Å². The maximum atomic E-state index is 13.8. The number of para-hydroxylation sites is 1. The summed E-state index contributed by atoms with van der Waals surface area (Å²) in [5, 5.41) is 18.5. The van der Waals surface area contributed by atoms with E-state index in [0.717, 1.165) is 40.9 Å². The van der Waals surface area contributed by atoms with Gasteiger partial charge in [-0.25, -0.2) is 4.99 Å². The molecule has 3 aromatic carbocycles. The Labute approximate surface area is 241 Å². The van der Waals surface area contributed by atoms with Gasteiger partial charge >= 0.3 is 0 Å². The van der Waals surface area contributed by atoms with Crippen LogP contribution in [0.25, 0.3) is 11.1 Å². The lowest BCUT2D eigenvalue weighted by Gasteiger charge is -2.25. The van der Waals surface area contributed by atoms with Crippen LogP contribution in [0.2, 0.25) is 0 Å². The van der Waals surface area contributed by atoms with E-state index < -0.39 is 5.54 Å². The molecule has 41 heavy (non-hydrogen) atoms. The molecule has 1 heterocycles. The van der Waals surface area contributed by atoms with Gasteiger partial charge in [0, 0.05) is 23.2 Å². The predicted octanol–water partition coefficient (Wildman–Crippen LogP) is 5.62. The third kappa shape index (κ3) is 7.37. The minimum atomic E-state index is -0.403. The van der Waals surface area contributed by atoms with Crippen molar-refractivity contribution < 1.29 is 9.59 Å². The molecular formula is C32H37N7O2. The second kappa shape index (κ2) is 13.2. The summed E-state index contributed by atoms with van der Waals surface area (Å²) in [6.45, 7) is 7.17. The van der Waals surface area contributed by atoms with Crippen LogP contribution in [0.15, 0.2) is 88.1 Å². The normalized spacial score (nSPS) is 14.8. The summed E-state index contributed by atoms with van der Waals surface area (Å²) in [7, 11) is 0. The minimum Gasteiger partial charge on any atom is -0.311 e. The molecule has 0 aliphatic carbocycles. The van der Waals surface area contributed by atoms with Crippen LogP contribution in [0.4, 0.5) is 5.69 Å². The molecule has 3 aromatic rings. The van der Waals surface area contributed by atoms with Gasteiger partial charge in [-0.05, 0) is 68.0 Å².